The summed E-state index contributed by atoms with van der Waals surface area (Å²) in [5.74, 6) is -1.12. The molecule has 0 aromatic heterocycles. The van der Waals surface area contributed by atoms with E-state index in [4.69, 9.17) is 24.1 Å². The summed E-state index contributed by atoms with van der Waals surface area (Å²) in [4.78, 5) is 10.8. The lowest BCUT2D eigenvalue weighted by Gasteiger charge is -2.17. The minimum atomic E-state index is -1.22. The monoisotopic (exact) mass is 292 g/mol. The van der Waals surface area contributed by atoms with E-state index in [2.05, 4.69) is 6.92 Å². The maximum atomic E-state index is 10.8. The summed E-state index contributed by atoms with van der Waals surface area (Å²) >= 11 is 0. The van der Waals surface area contributed by atoms with Gasteiger partial charge in [0.05, 0.1) is 25.9 Å². The Morgan fingerprint density at radius 1 is 1.05 bits per heavy atom. The van der Waals surface area contributed by atoms with E-state index in [9.17, 15) is 4.79 Å². The van der Waals surface area contributed by atoms with E-state index >= 15 is 0 Å². The molecule has 1 N–H and O–H groups in total. The standard InChI is InChI=1S/C14H28O6/c1-4-7-8-12(18-5-2)11-17-9-10-20-14(13(15)16)19-6-3/h12,14H,4-11H2,1-3H3,(H,15,16). The molecule has 0 saturated heterocycles. The van der Waals surface area contributed by atoms with Crippen molar-refractivity contribution in [2.75, 3.05) is 33.0 Å². The van der Waals surface area contributed by atoms with E-state index in [-0.39, 0.29) is 12.7 Å². The SMILES string of the molecule is CCCCC(COCCOC(OCC)C(=O)O)OCC. The Balaban J connectivity index is 3.72. The fraction of sp³-hybridized carbons (Fsp3) is 0.929. The summed E-state index contributed by atoms with van der Waals surface area (Å²) in [6, 6.07) is 0. The number of hydrogen-bond acceptors (Lipinski definition) is 5. The van der Waals surface area contributed by atoms with Gasteiger partial charge in [-0.05, 0) is 20.3 Å². The number of hydrogen-bond donors (Lipinski definition) is 1. The summed E-state index contributed by atoms with van der Waals surface area (Å²) in [5, 5.41) is 8.81. The number of rotatable bonds is 14. The Bertz CT molecular complexity index is 234. The average Bonchev–Trinajstić information content (AvgIpc) is 2.42. The summed E-state index contributed by atoms with van der Waals surface area (Å²) in [6.45, 7) is 7.79. The van der Waals surface area contributed by atoms with Crippen LogP contribution >= 0.6 is 0 Å². The molecule has 2 atom stereocenters. The van der Waals surface area contributed by atoms with Crippen LogP contribution in [0.3, 0.4) is 0 Å². The van der Waals surface area contributed by atoms with E-state index in [0.29, 0.717) is 26.4 Å². The highest BCUT2D eigenvalue weighted by molar-refractivity contribution is 5.70. The number of carboxylic acid groups (broad SMARTS) is 1. The van der Waals surface area contributed by atoms with Crippen molar-refractivity contribution in [2.24, 2.45) is 0 Å². The molecule has 6 heteroatoms. The molecule has 0 radical (unpaired) electrons. The summed E-state index contributed by atoms with van der Waals surface area (Å²) < 4.78 is 21.0. The van der Waals surface area contributed by atoms with E-state index < -0.39 is 12.3 Å². The van der Waals surface area contributed by atoms with Crippen LogP contribution in [0.15, 0.2) is 0 Å². The van der Waals surface area contributed by atoms with Crippen molar-refractivity contribution in [2.45, 2.75) is 52.4 Å². The number of aliphatic carboxylic acids is 1. The number of unbranched alkanes of at least 4 members (excludes halogenated alkanes) is 1. The van der Waals surface area contributed by atoms with Crippen molar-refractivity contribution in [3.8, 4) is 0 Å². The van der Waals surface area contributed by atoms with Crippen LogP contribution in [0.4, 0.5) is 0 Å². The lowest BCUT2D eigenvalue weighted by molar-refractivity contribution is -0.191. The van der Waals surface area contributed by atoms with Crippen LogP contribution in [0, 0.1) is 0 Å². The highest BCUT2D eigenvalue weighted by Gasteiger charge is 2.17. The molecule has 0 saturated carbocycles. The molecule has 0 rings (SSSR count). The summed E-state index contributed by atoms with van der Waals surface area (Å²) in [5.41, 5.74) is 0. The number of carboxylic acids is 1. The predicted molar refractivity (Wildman–Crippen MR) is 74.8 cm³/mol. The van der Waals surface area contributed by atoms with Crippen molar-refractivity contribution < 1.29 is 28.8 Å². The first kappa shape index (κ1) is 19.3. The van der Waals surface area contributed by atoms with Crippen LogP contribution in [0.25, 0.3) is 0 Å². The third-order valence-corrected chi connectivity index (χ3v) is 2.60. The zero-order chi connectivity index (χ0) is 15.2. The van der Waals surface area contributed by atoms with Gasteiger partial charge in [0.1, 0.15) is 0 Å². The second kappa shape index (κ2) is 13.3. The van der Waals surface area contributed by atoms with Crippen LogP contribution < -0.4 is 0 Å². The minimum absolute atomic E-state index is 0.0992. The van der Waals surface area contributed by atoms with Gasteiger partial charge in [0.15, 0.2) is 0 Å². The number of carbonyl (C=O) groups is 1. The van der Waals surface area contributed by atoms with Gasteiger partial charge in [-0.2, -0.15) is 0 Å². The van der Waals surface area contributed by atoms with E-state index in [0.717, 1.165) is 19.3 Å². The van der Waals surface area contributed by atoms with Gasteiger partial charge in [0, 0.05) is 13.2 Å². The van der Waals surface area contributed by atoms with Crippen LogP contribution in [0.1, 0.15) is 40.0 Å². The molecular formula is C14H28O6. The zero-order valence-electron chi connectivity index (χ0n) is 12.8. The highest BCUT2D eigenvalue weighted by Crippen LogP contribution is 2.05. The lowest BCUT2D eigenvalue weighted by atomic mass is 10.2. The molecule has 0 aliphatic heterocycles. The van der Waals surface area contributed by atoms with E-state index in [1.54, 1.807) is 6.92 Å². The van der Waals surface area contributed by atoms with Crippen LogP contribution in [-0.4, -0.2) is 56.5 Å². The van der Waals surface area contributed by atoms with Gasteiger partial charge in [0.25, 0.3) is 6.29 Å². The van der Waals surface area contributed by atoms with E-state index in [1.165, 1.54) is 0 Å². The second-order valence-corrected chi connectivity index (χ2v) is 4.29. The molecule has 0 heterocycles. The van der Waals surface area contributed by atoms with Crippen molar-refractivity contribution in [1.82, 2.24) is 0 Å². The molecule has 0 aromatic rings. The van der Waals surface area contributed by atoms with Crippen LogP contribution in [0.2, 0.25) is 0 Å². The third kappa shape index (κ3) is 10.1. The maximum absolute atomic E-state index is 10.8. The van der Waals surface area contributed by atoms with Crippen molar-refractivity contribution in [3.05, 3.63) is 0 Å². The highest BCUT2D eigenvalue weighted by atomic mass is 16.7. The Hall–Kier alpha value is -0.690. The molecule has 0 aliphatic rings. The Labute approximate surface area is 121 Å². The Morgan fingerprint density at radius 3 is 2.30 bits per heavy atom. The first-order valence-electron chi connectivity index (χ1n) is 7.30. The van der Waals surface area contributed by atoms with Gasteiger partial charge < -0.3 is 24.1 Å². The van der Waals surface area contributed by atoms with Crippen molar-refractivity contribution in [3.63, 3.8) is 0 Å². The topological polar surface area (TPSA) is 74.2 Å². The van der Waals surface area contributed by atoms with Gasteiger partial charge in [-0.25, -0.2) is 4.79 Å². The zero-order valence-corrected chi connectivity index (χ0v) is 12.8. The molecule has 120 valence electrons. The first-order chi connectivity index (χ1) is 9.65. The van der Waals surface area contributed by atoms with Gasteiger partial charge in [0.2, 0.25) is 0 Å². The molecule has 6 nitrogen and oxygen atoms in total. The molecule has 20 heavy (non-hydrogen) atoms. The molecule has 0 bridgehead atoms. The Morgan fingerprint density at radius 2 is 1.75 bits per heavy atom. The quantitative estimate of drug-likeness (QED) is 0.390. The second-order valence-electron chi connectivity index (χ2n) is 4.29. The molecule has 0 fully saturated rings. The lowest BCUT2D eigenvalue weighted by Crippen LogP contribution is -2.29. The van der Waals surface area contributed by atoms with Gasteiger partial charge in [-0.15, -0.1) is 0 Å². The first-order valence-corrected chi connectivity index (χ1v) is 7.30. The molecular weight excluding hydrogens is 264 g/mol. The van der Waals surface area contributed by atoms with Crippen LogP contribution in [-0.2, 0) is 23.7 Å². The summed E-state index contributed by atoms with van der Waals surface area (Å²) in [6.07, 6.45) is 2.09. The maximum Gasteiger partial charge on any atom is 0.361 e. The van der Waals surface area contributed by atoms with Crippen molar-refractivity contribution in [1.29, 1.82) is 0 Å². The van der Waals surface area contributed by atoms with E-state index in [1.807, 2.05) is 6.92 Å². The smallest absolute Gasteiger partial charge is 0.361 e. The number of ether oxygens (including phenoxy) is 4. The van der Waals surface area contributed by atoms with Gasteiger partial charge in [-0.3, -0.25) is 0 Å². The Kier molecular flexibility index (Phi) is 12.8. The normalized spacial score (nSPS) is 14.2. The van der Waals surface area contributed by atoms with Gasteiger partial charge >= 0.3 is 5.97 Å². The average molecular weight is 292 g/mol. The minimum Gasteiger partial charge on any atom is -0.477 e. The predicted octanol–water partition coefficient (Wildman–Crippen LogP) is 2.06. The summed E-state index contributed by atoms with van der Waals surface area (Å²) in [7, 11) is 0. The molecule has 0 aliphatic carbocycles. The fourth-order valence-electron chi connectivity index (χ4n) is 1.65. The van der Waals surface area contributed by atoms with Crippen LogP contribution in [0.5, 0.6) is 0 Å². The molecule has 0 spiro atoms. The molecule has 2 unspecified atom stereocenters. The van der Waals surface area contributed by atoms with Gasteiger partial charge in [-0.1, -0.05) is 19.8 Å². The van der Waals surface area contributed by atoms with Crippen molar-refractivity contribution >= 4 is 5.97 Å². The third-order valence-electron chi connectivity index (χ3n) is 2.60. The largest absolute Gasteiger partial charge is 0.477 e. The molecule has 0 amide bonds. The fourth-order valence-corrected chi connectivity index (χ4v) is 1.65. The molecule has 0 aromatic carbocycles.